The number of alkyl halides is 3. The second kappa shape index (κ2) is 10.2. The molecule has 2 heterocycles. The lowest BCUT2D eigenvalue weighted by atomic mass is 9.89. The van der Waals surface area contributed by atoms with Crippen molar-refractivity contribution in [1.29, 1.82) is 0 Å². The Labute approximate surface area is 193 Å². The first-order chi connectivity index (χ1) is 14.9. The zero-order chi connectivity index (χ0) is 22.0. The summed E-state index contributed by atoms with van der Waals surface area (Å²) in [5.41, 5.74) is 3.67. The van der Waals surface area contributed by atoms with E-state index in [9.17, 15) is 13.2 Å². The molecule has 0 N–H and O–H groups in total. The lowest BCUT2D eigenvalue weighted by Gasteiger charge is -2.24. The summed E-state index contributed by atoms with van der Waals surface area (Å²) in [7, 11) is 0. The number of nitrogens with zero attached hydrogens (tertiary/aromatic N) is 1. The quantitative estimate of drug-likeness (QED) is 0.455. The van der Waals surface area contributed by atoms with Crippen LogP contribution in [-0.2, 0) is 12.6 Å². The van der Waals surface area contributed by atoms with Crippen LogP contribution in [0.2, 0.25) is 0 Å². The van der Waals surface area contributed by atoms with Crippen molar-refractivity contribution in [1.82, 2.24) is 0 Å². The van der Waals surface area contributed by atoms with E-state index in [0.29, 0.717) is 0 Å². The highest BCUT2D eigenvalue weighted by Crippen LogP contribution is 2.39. The first-order valence-electron chi connectivity index (χ1n) is 11.1. The van der Waals surface area contributed by atoms with Gasteiger partial charge in [-0.2, -0.15) is 17.7 Å². The van der Waals surface area contributed by atoms with E-state index in [1.807, 2.05) is 6.07 Å². The average molecular weight is 468 g/mol. The summed E-state index contributed by atoms with van der Waals surface area (Å²) in [5.74, 6) is 1.51. The maximum absolute atomic E-state index is 13.1. The number of hydrogen-bond donors (Lipinski definition) is 0. The number of ether oxygens (including phenoxy) is 2. The van der Waals surface area contributed by atoms with Gasteiger partial charge in [-0.15, -0.1) is 0 Å². The Morgan fingerprint density at radius 1 is 0.969 bits per heavy atom. The minimum absolute atomic E-state index is 0. The van der Waals surface area contributed by atoms with E-state index < -0.39 is 11.7 Å². The molecule has 174 valence electrons. The predicted molar refractivity (Wildman–Crippen MR) is 115 cm³/mol. The van der Waals surface area contributed by atoms with Crippen LogP contribution < -0.4 is 21.9 Å². The maximum atomic E-state index is 13.1. The standard InChI is InChI=1S/C25H29F3NO2.ClH/c1-3-4-5-6-7-8-22-21-15-24-23(30-16-31-24)14-18(21)13-17(2)29(22)20-11-9-19(10-12-20)25(26,27)28;/h9-12,14-15,17H,3-8,13,16H2,1-2H3;1H/q+1;/p-1. The number of hydrogen-bond acceptors (Lipinski definition) is 2. The van der Waals surface area contributed by atoms with Gasteiger partial charge in [-0.1, -0.05) is 32.6 Å². The maximum Gasteiger partial charge on any atom is 0.416 e. The summed E-state index contributed by atoms with van der Waals surface area (Å²) in [6.45, 7) is 4.55. The van der Waals surface area contributed by atoms with Crippen molar-refractivity contribution >= 4 is 11.4 Å². The van der Waals surface area contributed by atoms with E-state index >= 15 is 0 Å². The van der Waals surface area contributed by atoms with Gasteiger partial charge in [0.25, 0.3) is 0 Å². The monoisotopic (exact) mass is 467 g/mol. The molecule has 0 saturated carbocycles. The zero-order valence-electron chi connectivity index (χ0n) is 18.5. The van der Waals surface area contributed by atoms with Crippen molar-refractivity contribution in [3.05, 3.63) is 53.1 Å². The summed E-state index contributed by atoms with van der Waals surface area (Å²) in [6, 6.07) is 9.78. The molecule has 4 rings (SSSR count). The Kier molecular flexibility index (Phi) is 7.75. The fraction of sp³-hybridized carbons (Fsp3) is 0.480. The minimum Gasteiger partial charge on any atom is -1.00 e. The molecule has 0 radical (unpaired) electrons. The highest BCUT2D eigenvalue weighted by Gasteiger charge is 2.35. The molecule has 0 aromatic heterocycles. The Hall–Kier alpha value is -2.21. The van der Waals surface area contributed by atoms with Gasteiger partial charge < -0.3 is 21.9 Å². The van der Waals surface area contributed by atoms with Gasteiger partial charge in [-0.3, -0.25) is 0 Å². The highest BCUT2D eigenvalue weighted by atomic mass is 35.5. The van der Waals surface area contributed by atoms with Crippen LogP contribution in [0.15, 0.2) is 36.4 Å². The number of benzene rings is 2. The van der Waals surface area contributed by atoms with Crippen LogP contribution in [0.4, 0.5) is 18.9 Å². The molecule has 3 nitrogen and oxygen atoms in total. The molecule has 0 amide bonds. The molecule has 2 aromatic carbocycles. The third kappa shape index (κ3) is 5.06. The van der Waals surface area contributed by atoms with Gasteiger partial charge in [0.1, 0.15) is 0 Å². The van der Waals surface area contributed by atoms with Crippen LogP contribution in [0.1, 0.15) is 69.1 Å². The van der Waals surface area contributed by atoms with Gasteiger partial charge in [0.15, 0.2) is 23.3 Å². The summed E-state index contributed by atoms with van der Waals surface area (Å²) < 4.78 is 52.6. The first kappa shape index (κ1) is 24.4. The van der Waals surface area contributed by atoms with Crippen LogP contribution in [0.25, 0.3) is 0 Å². The SMILES string of the molecule is CCCCCCCC1=[N+](c2ccc(C(F)(F)F)cc2)C(C)Cc2cc3c(cc21)OCO3.[Cl-]. The van der Waals surface area contributed by atoms with Gasteiger partial charge in [-0.25, -0.2) is 0 Å². The molecule has 2 aromatic rings. The second-order valence-corrected chi connectivity index (χ2v) is 8.44. The van der Waals surface area contributed by atoms with Crippen molar-refractivity contribution in [3.63, 3.8) is 0 Å². The van der Waals surface area contributed by atoms with Crippen LogP contribution in [0.3, 0.4) is 0 Å². The molecular weight excluding hydrogens is 439 g/mol. The van der Waals surface area contributed by atoms with Gasteiger partial charge in [0.2, 0.25) is 12.5 Å². The molecule has 0 bridgehead atoms. The molecular formula is C25H29ClF3NO2. The van der Waals surface area contributed by atoms with Crippen LogP contribution >= 0.6 is 0 Å². The van der Waals surface area contributed by atoms with E-state index in [1.165, 1.54) is 37.0 Å². The van der Waals surface area contributed by atoms with E-state index in [2.05, 4.69) is 24.5 Å². The number of unbranched alkanes of at least 4 members (excludes halogenated alkanes) is 4. The van der Waals surface area contributed by atoms with Gasteiger partial charge in [0, 0.05) is 30.5 Å². The number of halogens is 4. The molecule has 1 unspecified atom stereocenters. The Morgan fingerprint density at radius 2 is 1.62 bits per heavy atom. The predicted octanol–water partition coefficient (Wildman–Crippen LogP) is 3.88. The lowest BCUT2D eigenvalue weighted by molar-refractivity contribution is -0.483. The van der Waals surface area contributed by atoms with Gasteiger partial charge in [0.05, 0.1) is 5.56 Å². The second-order valence-electron chi connectivity index (χ2n) is 8.44. The van der Waals surface area contributed by atoms with E-state index in [0.717, 1.165) is 54.1 Å². The van der Waals surface area contributed by atoms with Crippen molar-refractivity contribution < 1.29 is 39.6 Å². The Morgan fingerprint density at radius 3 is 2.28 bits per heavy atom. The molecule has 0 saturated heterocycles. The fourth-order valence-electron chi connectivity index (χ4n) is 4.60. The molecule has 0 aliphatic carbocycles. The molecule has 7 heteroatoms. The number of rotatable bonds is 7. The summed E-state index contributed by atoms with van der Waals surface area (Å²) in [6.07, 6.45) is 3.16. The smallest absolute Gasteiger partial charge is 0.416 e. The third-order valence-electron chi connectivity index (χ3n) is 6.15. The normalized spacial score (nSPS) is 17.2. The van der Waals surface area contributed by atoms with Crippen molar-refractivity contribution in [3.8, 4) is 11.5 Å². The summed E-state index contributed by atoms with van der Waals surface area (Å²) in [4.78, 5) is 0. The largest absolute Gasteiger partial charge is 1.00 e. The molecule has 1 atom stereocenters. The van der Waals surface area contributed by atoms with Gasteiger partial charge >= 0.3 is 6.18 Å². The highest BCUT2D eigenvalue weighted by molar-refractivity contribution is 6.00. The zero-order valence-corrected chi connectivity index (χ0v) is 19.2. The molecule has 32 heavy (non-hydrogen) atoms. The van der Waals surface area contributed by atoms with Crippen LogP contribution in [0, 0.1) is 0 Å². The van der Waals surface area contributed by atoms with E-state index in [4.69, 9.17) is 9.47 Å². The van der Waals surface area contributed by atoms with Crippen molar-refractivity contribution in [2.45, 2.75) is 71.0 Å². The van der Waals surface area contributed by atoms with Crippen molar-refractivity contribution in [2.75, 3.05) is 6.79 Å². The van der Waals surface area contributed by atoms with E-state index in [-0.39, 0.29) is 25.2 Å². The molecule has 2 aliphatic rings. The summed E-state index contributed by atoms with van der Waals surface area (Å²) >= 11 is 0. The average Bonchev–Trinajstić information content (AvgIpc) is 3.19. The Bertz CT molecular complexity index is 970. The minimum atomic E-state index is -4.33. The van der Waals surface area contributed by atoms with E-state index in [1.54, 1.807) is 12.1 Å². The first-order valence-corrected chi connectivity index (χ1v) is 11.1. The van der Waals surface area contributed by atoms with Crippen LogP contribution in [0.5, 0.6) is 11.5 Å². The topological polar surface area (TPSA) is 21.5 Å². The number of fused-ring (bicyclic) bond motifs is 2. The van der Waals surface area contributed by atoms with Crippen molar-refractivity contribution in [2.24, 2.45) is 0 Å². The van der Waals surface area contributed by atoms with Crippen LogP contribution in [-0.4, -0.2) is 23.1 Å². The third-order valence-corrected chi connectivity index (χ3v) is 6.15. The molecule has 2 aliphatic heterocycles. The Balaban J connectivity index is 0.00000289. The fourth-order valence-corrected chi connectivity index (χ4v) is 4.60. The molecule has 0 spiro atoms. The lowest BCUT2D eigenvalue weighted by Crippen LogP contribution is -3.00. The van der Waals surface area contributed by atoms with Gasteiger partial charge in [-0.05, 0) is 43.2 Å². The summed E-state index contributed by atoms with van der Waals surface area (Å²) in [5, 5.41) is 0. The molecule has 0 fully saturated rings.